The molecule has 1 unspecified atom stereocenters. The first-order valence-electron chi connectivity index (χ1n) is 11.8. The van der Waals surface area contributed by atoms with E-state index in [0.29, 0.717) is 49.0 Å². The number of nitrogens with one attached hydrogen (secondary N) is 1. The molecular formula is C29H31F2NO2. The minimum absolute atomic E-state index is 0.0651. The van der Waals surface area contributed by atoms with Crippen molar-refractivity contribution in [2.75, 3.05) is 19.7 Å². The van der Waals surface area contributed by atoms with Gasteiger partial charge in [-0.15, -0.1) is 6.42 Å². The number of morpholine rings is 1. The molecule has 5 heteroatoms. The molecule has 1 atom stereocenters. The van der Waals surface area contributed by atoms with E-state index in [1.165, 1.54) is 12.1 Å². The fraction of sp³-hybridized carbons (Fsp3) is 0.379. The quantitative estimate of drug-likeness (QED) is 0.566. The third kappa shape index (κ3) is 5.82. The molecule has 1 aliphatic heterocycles. The Bertz CT molecular complexity index is 1160. The summed E-state index contributed by atoms with van der Waals surface area (Å²) in [5, 5.41) is 13.4. The van der Waals surface area contributed by atoms with Gasteiger partial charge in [0.15, 0.2) is 0 Å². The predicted molar refractivity (Wildman–Crippen MR) is 132 cm³/mol. The van der Waals surface area contributed by atoms with E-state index in [1.54, 1.807) is 19.9 Å². The summed E-state index contributed by atoms with van der Waals surface area (Å²) in [5.74, 6) is 1.66. The van der Waals surface area contributed by atoms with Gasteiger partial charge in [-0.25, -0.2) is 8.78 Å². The molecule has 1 fully saturated rings. The van der Waals surface area contributed by atoms with Crippen LogP contribution in [0.2, 0.25) is 0 Å². The van der Waals surface area contributed by atoms with Crippen LogP contribution in [-0.4, -0.2) is 36.5 Å². The molecule has 2 N–H and O–H groups in total. The second-order valence-electron chi connectivity index (χ2n) is 9.72. The summed E-state index contributed by atoms with van der Waals surface area (Å²) in [6.45, 7) is 5.69. The minimum Gasteiger partial charge on any atom is -0.390 e. The van der Waals surface area contributed by atoms with Crippen LogP contribution < -0.4 is 5.32 Å². The van der Waals surface area contributed by atoms with Gasteiger partial charge in [0.2, 0.25) is 0 Å². The average molecular weight is 464 g/mol. The van der Waals surface area contributed by atoms with Crippen LogP contribution in [0.3, 0.4) is 0 Å². The van der Waals surface area contributed by atoms with Crippen molar-refractivity contribution in [3.8, 4) is 23.5 Å². The van der Waals surface area contributed by atoms with Crippen LogP contribution in [0.25, 0.3) is 16.7 Å². The van der Waals surface area contributed by atoms with Gasteiger partial charge in [0.05, 0.1) is 18.3 Å². The fourth-order valence-electron chi connectivity index (χ4n) is 4.66. The molecule has 1 heterocycles. The maximum Gasteiger partial charge on any atom is 0.135 e. The molecule has 0 saturated carbocycles. The number of allylic oxidation sites excluding steroid dienone is 4. The van der Waals surface area contributed by atoms with Gasteiger partial charge in [0, 0.05) is 30.6 Å². The van der Waals surface area contributed by atoms with Crippen LogP contribution in [0.4, 0.5) is 8.78 Å². The van der Waals surface area contributed by atoms with Gasteiger partial charge in [0.25, 0.3) is 0 Å². The van der Waals surface area contributed by atoms with Gasteiger partial charge in [-0.05, 0) is 73.1 Å². The number of halogens is 2. The van der Waals surface area contributed by atoms with Gasteiger partial charge >= 0.3 is 0 Å². The molecule has 0 amide bonds. The molecule has 1 aliphatic carbocycles. The Kier molecular flexibility index (Phi) is 7.33. The van der Waals surface area contributed by atoms with E-state index >= 15 is 4.39 Å². The number of benzene rings is 2. The molecule has 4 rings (SSSR count). The van der Waals surface area contributed by atoms with Crippen molar-refractivity contribution >= 4 is 5.57 Å². The molecule has 2 aliphatic rings. The first-order valence-corrected chi connectivity index (χ1v) is 11.8. The Morgan fingerprint density at radius 3 is 2.50 bits per heavy atom. The average Bonchev–Trinajstić information content (AvgIpc) is 2.79. The summed E-state index contributed by atoms with van der Waals surface area (Å²) in [4.78, 5) is 0. The van der Waals surface area contributed by atoms with Gasteiger partial charge in [-0.1, -0.05) is 36.3 Å². The fourth-order valence-corrected chi connectivity index (χ4v) is 4.66. The smallest absolute Gasteiger partial charge is 0.135 e. The lowest BCUT2D eigenvalue weighted by Gasteiger charge is -2.24. The molecule has 34 heavy (non-hydrogen) atoms. The van der Waals surface area contributed by atoms with E-state index in [0.717, 1.165) is 35.4 Å². The summed E-state index contributed by atoms with van der Waals surface area (Å²) in [5.41, 5.74) is 3.98. The topological polar surface area (TPSA) is 41.5 Å². The van der Waals surface area contributed by atoms with Crippen LogP contribution in [0.15, 0.2) is 53.9 Å². The van der Waals surface area contributed by atoms with E-state index in [2.05, 4.69) is 11.2 Å². The largest absolute Gasteiger partial charge is 0.390 e. The van der Waals surface area contributed by atoms with Crippen molar-refractivity contribution in [3.05, 3.63) is 76.4 Å². The molecular weight excluding hydrogens is 432 g/mol. The molecule has 0 bridgehead atoms. The predicted octanol–water partition coefficient (Wildman–Crippen LogP) is 5.37. The van der Waals surface area contributed by atoms with Crippen LogP contribution in [-0.2, 0) is 17.6 Å². The Morgan fingerprint density at radius 1 is 1.09 bits per heavy atom. The van der Waals surface area contributed by atoms with Crippen molar-refractivity contribution < 1.29 is 18.6 Å². The number of aliphatic hydroxyl groups is 1. The van der Waals surface area contributed by atoms with Gasteiger partial charge in [0.1, 0.15) is 11.6 Å². The lowest BCUT2D eigenvalue weighted by Crippen LogP contribution is -2.39. The lowest BCUT2D eigenvalue weighted by molar-refractivity contribution is 0.0292. The maximum absolute atomic E-state index is 15.3. The summed E-state index contributed by atoms with van der Waals surface area (Å²) < 4.78 is 35.8. The van der Waals surface area contributed by atoms with Gasteiger partial charge < -0.3 is 15.2 Å². The zero-order chi connectivity index (χ0) is 24.3. The number of rotatable bonds is 6. The highest BCUT2D eigenvalue weighted by Gasteiger charge is 2.21. The molecule has 0 spiro atoms. The van der Waals surface area contributed by atoms with Gasteiger partial charge in [-0.3, -0.25) is 0 Å². The standard InChI is InChI=1S/C29H31F2NO2/c1-4-21-7-8-22(16-27(21)30)26-14-19(13-23-18-32-11-12-34-23)5-9-24(26)25-10-6-20(15-28(25)31)17-29(2,3)33/h1,5-6,9-10,14-16,23,32-33H,7-8,11-13,17-18H2,2-3H3. The summed E-state index contributed by atoms with van der Waals surface area (Å²) in [7, 11) is 0. The van der Waals surface area contributed by atoms with Crippen molar-refractivity contribution in [1.29, 1.82) is 0 Å². The molecule has 2 aromatic carbocycles. The normalized spacial score (nSPS) is 19.1. The SMILES string of the molecule is C#CC1=C(F)C=C(c2cc(CC3CNCCO3)ccc2-c2ccc(CC(C)(C)O)cc2F)CC1. The Morgan fingerprint density at radius 2 is 1.85 bits per heavy atom. The number of terminal acetylenes is 1. The van der Waals surface area contributed by atoms with Gasteiger partial charge in [-0.2, -0.15) is 0 Å². The highest BCUT2D eigenvalue weighted by Crippen LogP contribution is 2.38. The van der Waals surface area contributed by atoms with E-state index in [-0.39, 0.29) is 11.9 Å². The van der Waals surface area contributed by atoms with E-state index in [4.69, 9.17) is 11.2 Å². The van der Waals surface area contributed by atoms with Crippen LogP contribution >= 0.6 is 0 Å². The van der Waals surface area contributed by atoms with Crippen molar-refractivity contribution in [2.24, 2.45) is 0 Å². The number of hydrogen-bond donors (Lipinski definition) is 2. The maximum atomic E-state index is 15.3. The molecule has 0 radical (unpaired) electrons. The van der Waals surface area contributed by atoms with Crippen molar-refractivity contribution in [2.45, 2.75) is 51.2 Å². The second-order valence-corrected chi connectivity index (χ2v) is 9.72. The summed E-state index contributed by atoms with van der Waals surface area (Å²) in [6, 6.07) is 11.0. The Hall–Kier alpha value is -2.78. The van der Waals surface area contributed by atoms with Crippen molar-refractivity contribution in [3.63, 3.8) is 0 Å². The third-order valence-corrected chi connectivity index (χ3v) is 6.27. The zero-order valence-corrected chi connectivity index (χ0v) is 19.8. The van der Waals surface area contributed by atoms with Crippen molar-refractivity contribution in [1.82, 2.24) is 5.32 Å². The van der Waals surface area contributed by atoms with E-state index in [9.17, 15) is 9.50 Å². The second kappa shape index (κ2) is 10.2. The zero-order valence-electron chi connectivity index (χ0n) is 19.8. The van der Waals surface area contributed by atoms with Crippen LogP contribution in [0.1, 0.15) is 43.4 Å². The number of hydrogen-bond acceptors (Lipinski definition) is 3. The summed E-state index contributed by atoms with van der Waals surface area (Å²) in [6.07, 6.45) is 9.09. The lowest BCUT2D eigenvalue weighted by atomic mass is 9.86. The summed E-state index contributed by atoms with van der Waals surface area (Å²) >= 11 is 0. The molecule has 2 aromatic rings. The highest BCUT2D eigenvalue weighted by molar-refractivity contribution is 5.84. The minimum atomic E-state index is -0.928. The van der Waals surface area contributed by atoms with E-state index in [1.807, 2.05) is 24.3 Å². The highest BCUT2D eigenvalue weighted by atomic mass is 19.1. The third-order valence-electron chi connectivity index (χ3n) is 6.27. The Labute approximate surface area is 200 Å². The van der Waals surface area contributed by atoms with Crippen LogP contribution in [0, 0.1) is 18.2 Å². The molecule has 178 valence electrons. The monoisotopic (exact) mass is 463 g/mol. The van der Waals surface area contributed by atoms with E-state index < -0.39 is 11.4 Å². The Balaban J connectivity index is 1.75. The molecule has 3 nitrogen and oxygen atoms in total. The molecule has 1 saturated heterocycles. The first kappa shape index (κ1) is 24.3. The van der Waals surface area contributed by atoms with Crippen LogP contribution in [0.5, 0.6) is 0 Å². The first-order chi connectivity index (χ1) is 16.2. The number of ether oxygens (including phenoxy) is 1. The molecule has 0 aromatic heterocycles.